The highest BCUT2D eigenvalue weighted by molar-refractivity contribution is 6.59. The van der Waals surface area contributed by atoms with Gasteiger partial charge in [0.15, 0.2) is 0 Å². The van der Waals surface area contributed by atoms with Crippen LogP contribution in [0.3, 0.4) is 0 Å². The maximum atomic E-state index is 9.06. The lowest BCUT2D eigenvalue weighted by molar-refractivity contribution is 0.425. The van der Waals surface area contributed by atoms with E-state index in [1.807, 2.05) is 6.07 Å². The van der Waals surface area contributed by atoms with Gasteiger partial charge in [-0.25, -0.2) is 0 Å². The monoisotopic (exact) mass is 176 g/mol. The van der Waals surface area contributed by atoms with Crippen molar-refractivity contribution in [2.24, 2.45) is 4.99 Å². The largest absolute Gasteiger partial charge is 0.488 e. The van der Waals surface area contributed by atoms with Crippen molar-refractivity contribution in [3.05, 3.63) is 23.8 Å². The Morgan fingerprint density at radius 3 is 3.00 bits per heavy atom. The molecule has 1 aliphatic rings. The Hall–Kier alpha value is -1.33. The molecule has 0 unspecified atom stereocenters. The second-order valence-electron chi connectivity index (χ2n) is 2.86. The third-order valence-corrected chi connectivity index (χ3v) is 2.05. The molecule has 1 heterocycles. The summed E-state index contributed by atoms with van der Waals surface area (Å²) >= 11 is 0. The fourth-order valence-electron chi connectivity index (χ4n) is 1.41. The van der Waals surface area contributed by atoms with Gasteiger partial charge < -0.3 is 15.4 Å². The Morgan fingerprint density at radius 2 is 2.23 bits per heavy atom. The molecule has 1 aromatic rings. The van der Waals surface area contributed by atoms with E-state index in [0.717, 1.165) is 11.3 Å². The van der Waals surface area contributed by atoms with Crippen LogP contribution in [-0.2, 0) is 6.54 Å². The summed E-state index contributed by atoms with van der Waals surface area (Å²) < 4.78 is 0. The minimum Gasteiger partial charge on any atom is -0.423 e. The maximum absolute atomic E-state index is 9.06. The number of aliphatic imine (C=N–C) groups is 1. The zero-order valence-corrected chi connectivity index (χ0v) is 6.94. The number of nitrogens with one attached hydrogen (secondary N) is 1. The van der Waals surface area contributed by atoms with Gasteiger partial charge in [0.1, 0.15) is 0 Å². The van der Waals surface area contributed by atoms with E-state index in [9.17, 15) is 0 Å². The molecule has 3 N–H and O–H groups in total. The number of fused-ring (bicyclic) bond motifs is 1. The highest BCUT2D eigenvalue weighted by atomic mass is 16.4. The fourth-order valence-corrected chi connectivity index (χ4v) is 1.41. The molecular formula is C8H9BN2O2. The molecule has 0 amide bonds. The maximum Gasteiger partial charge on any atom is 0.488 e. The summed E-state index contributed by atoms with van der Waals surface area (Å²) in [5.74, 6) is 0. The topological polar surface area (TPSA) is 64.8 Å². The molecule has 0 fully saturated rings. The number of anilines is 1. The first kappa shape index (κ1) is 8.28. The van der Waals surface area contributed by atoms with Crippen LogP contribution in [0.15, 0.2) is 23.2 Å². The third kappa shape index (κ3) is 1.43. The first-order valence-corrected chi connectivity index (χ1v) is 4.02. The van der Waals surface area contributed by atoms with E-state index in [1.165, 1.54) is 0 Å². The van der Waals surface area contributed by atoms with Gasteiger partial charge in [-0.2, -0.15) is 0 Å². The van der Waals surface area contributed by atoms with E-state index in [4.69, 9.17) is 10.0 Å². The van der Waals surface area contributed by atoms with Crippen molar-refractivity contribution in [3.8, 4) is 0 Å². The molecule has 2 rings (SSSR count). The smallest absolute Gasteiger partial charge is 0.423 e. The molecule has 4 nitrogen and oxygen atoms in total. The Kier molecular flexibility index (Phi) is 2.04. The van der Waals surface area contributed by atoms with E-state index < -0.39 is 7.12 Å². The van der Waals surface area contributed by atoms with Crippen molar-refractivity contribution in [2.75, 3.05) is 5.32 Å². The number of hydrogen-bond acceptors (Lipinski definition) is 4. The average molecular weight is 176 g/mol. The van der Waals surface area contributed by atoms with Gasteiger partial charge in [-0.15, -0.1) is 0 Å². The number of nitrogens with zero attached hydrogens (tertiary/aromatic N) is 1. The summed E-state index contributed by atoms with van der Waals surface area (Å²) in [6.07, 6.45) is 1.61. The van der Waals surface area contributed by atoms with Gasteiger partial charge >= 0.3 is 7.12 Å². The van der Waals surface area contributed by atoms with Crippen molar-refractivity contribution < 1.29 is 10.0 Å². The molecule has 0 saturated heterocycles. The normalized spacial score (nSPS) is 13.4. The van der Waals surface area contributed by atoms with Gasteiger partial charge in [0.2, 0.25) is 0 Å². The van der Waals surface area contributed by atoms with Crippen LogP contribution in [-0.4, -0.2) is 23.5 Å². The Labute approximate surface area is 76.1 Å². The quantitative estimate of drug-likeness (QED) is 0.496. The van der Waals surface area contributed by atoms with Crippen LogP contribution in [0.1, 0.15) is 5.56 Å². The van der Waals surface area contributed by atoms with E-state index >= 15 is 0 Å². The van der Waals surface area contributed by atoms with Gasteiger partial charge in [-0.05, 0) is 17.1 Å². The molecular weight excluding hydrogens is 167 g/mol. The molecule has 66 valence electrons. The predicted octanol–water partition coefficient (Wildman–Crippen LogP) is -0.680. The van der Waals surface area contributed by atoms with Crippen molar-refractivity contribution in [3.63, 3.8) is 0 Å². The number of benzene rings is 1. The Morgan fingerprint density at radius 1 is 1.38 bits per heavy atom. The van der Waals surface area contributed by atoms with Gasteiger partial charge in [0, 0.05) is 5.69 Å². The lowest BCUT2D eigenvalue weighted by Gasteiger charge is -2.15. The number of rotatable bonds is 1. The Bertz CT molecular complexity index is 352. The summed E-state index contributed by atoms with van der Waals surface area (Å²) in [5.41, 5.74) is 2.25. The van der Waals surface area contributed by atoms with Crippen LogP contribution in [0.4, 0.5) is 5.69 Å². The number of hydrogen-bond donors (Lipinski definition) is 3. The molecule has 0 atom stereocenters. The van der Waals surface area contributed by atoms with Crippen LogP contribution in [0.2, 0.25) is 0 Å². The summed E-state index contributed by atoms with van der Waals surface area (Å²) in [4.78, 5) is 4.00. The lowest BCUT2D eigenvalue weighted by atomic mass is 9.76. The average Bonchev–Trinajstić information content (AvgIpc) is 2.17. The van der Waals surface area contributed by atoms with Crippen molar-refractivity contribution in [2.45, 2.75) is 6.54 Å². The zero-order chi connectivity index (χ0) is 9.26. The lowest BCUT2D eigenvalue weighted by Crippen LogP contribution is -2.34. The summed E-state index contributed by atoms with van der Waals surface area (Å²) in [7, 11) is -1.43. The molecule has 0 spiro atoms. The van der Waals surface area contributed by atoms with Gasteiger partial charge in [0.05, 0.1) is 12.9 Å². The van der Waals surface area contributed by atoms with E-state index in [2.05, 4.69) is 10.3 Å². The highest BCUT2D eigenvalue weighted by Crippen LogP contribution is 2.16. The van der Waals surface area contributed by atoms with Crippen LogP contribution in [0.5, 0.6) is 0 Å². The fraction of sp³-hybridized carbons (Fsp3) is 0.125. The molecule has 1 aliphatic heterocycles. The molecule has 1 aromatic carbocycles. The summed E-state index contributed by atoms with van der Waals surface area (Å²) in [6.45, 7) is 0.496. The third-order valence-electron chi connectivity index (χ3n) is 2.05. The van der Waals surface area contributed by atoms with E-state index in [1.54, 1.807) is 18.5 Å². The Balaban J connectivity index is 2.49. The molecule has 5 heteroatoms. The van der Waals surface area contributed by atoms with Crippen molar-refractivity contribution in [1.29, 1.82) is 0 Å². The first-order chi connectivity index (χ1) is 6.29. The minimum atomic E-state index is -1.43. The SMILES string of the molecule is OB(O)c1cccc2c1CN=CN2. The molecule has 0 bridgehead atoms. The molecule has 0 saturated carbocycles. The van der Waals surface area contributed by atoms with Crippen LogP contribution in [0, 0.1) is 0 Å². The van der Waals surface area contributed by atoms with Gasteiger partial charge in [-0.3, -0.25) is 4.99 Å². The summed E-state index contributed by atoms with van der Waals surface area (Å²) in [6, 6.07) is 5.35. The van der Waals surface area contributed by atoms with Crippen LogP contribution >= 0.6 is 0 Å². The van der Waals surface area contributed by atoms with Crippen LogP contribution in [0.25, 0.3) is 0 Å². The van der Waals surface area contributed by atoms with E-state index in [0.29, 0.717) is 12.0 Å². The van der Waals surface area contributed by atoms with Crippen molar-refractivity contribution in [1.82, 2.24) is 0 Å². The molecule has 0 radical (unpaired) electrons. The predicted molar refractivity (Wildman–Crippen MR) is 52.1 cm³/mol. The molecule has 0 aromatic heterocycles. The second kappa shape index (κ2) is 3.20. The zero-order valence-electron chi connectivity index (χ0n) is 6.94. The standard InChI is InChI=1S/C8H9BN2O2/c12-9(13)7-2-1-3-8-6(7)4-10-5-11-8/h1-3,5,12-13H,4H2,(H,10,11). The minimum absolute atomic E-state index is 0.496. The van der Waals surface area contributed by atoms with Gasteiger partial charge in [0.25, 0.3) is 0 Å². The van der Waals surface area contributed by atoms with E-state index in [-0.39, 0.29) is 0 Å². The molecule has 0 aliphatic carbocycles. The highest BCUT2D eigenvalue weighted by Gasteiger charge is 2.18. The van der Waals surface area contributed by atoms with Crippen LogP contribution < -0.4 is 10.8 Å². The first-order valence-electron chi connectivity index (χ1n) is 4.02. The summed E-state index contributed by atoms with van der Waals surface area (Å²) in [5, 5.41) is 21.1. The van der Waals surface area contributed by atoms with Crippen molar-refractivity contribution >= 4 is 24.6 Å². The molecule has 13 heavy (non-hydrogen) atoms. The second-order valence-corrected chi connectivity index (χ2v) is 2.86. The van der Waals surface area contributed by atoms with Gasteiger partial charge in [-0.1, -0.05) is 12.1 Å².